The van der Waals surface area contributed by atoms with E-state index in [4.69, 9.17) is 11.5 Å². The molecule has 4 heteroatoms. The molecule has 0 aliphatic heterocycles. The van der Waals surface area contributed by atoms with E-state index >= 15 is 0 Å². The third-order valence-electron chi connectivity index (χ3n) is 2.23. The normalized spacial score (nSPS) is 9.50. The van der Waals surface area contributed by atoms with Crippen LogP contribution in [0.2, 0.25) is 0 Å². The molecule has 0 unspecified atom stereocenters. The average molecular weight is 237 g/mol. The van der Waals surface area contributed by atoms with Crippen molar-refractivity contribution in [3.63, 3.8) is 0 Å². The summed E-state index contributed by atoms with van der Waals surface area (Å²) in [5.41, 5.74) is 14.5. The molecule has 0 aliphatic rings. The first kappa shape index (κ1) is 12.2. The molecule has 16 heavy (non-hydrogen) atoms. The number of aromatic hydroxyl groups is 1. The third kappa shape index (κ3) is 2.38. The van der Waals surface area contributed by atoms with Gasteiger partial charge in [-0.1, -0.05) is 18.2 Å². The minimum Gasteiger partial charge on any atom is -0.508 e. The van der Waals surface area contributed by atoms with E-state index < -0.39 is 0 Å². The van der Waals surface area contributed by atoms with Gasteiger partial charge < -0.3 is 16.6 Å². The highest BCUT2D eigenvalue weighted by molar-refractivity contribution is 5.85. The molecule has 0 aliphatic carbocycles. The maximum Gasteiger partial charge on any atom is 0.116 e. The van der Waals surface area contributed by atoms with Crippen LogP contribution in [0.5, 0.6) is 5.75 Å². The van der Waals surface area contributed by atoms with Gasteiger partial charge in [0.1, 0.15) is 5.75 Å². The number of hydrogen-bond donors (Lipinski definition) is 3. The number of benzene rings is 2. The van der Waals surface area contributed by atoms with Crippen LogP contribution in [0.4, 0.5) is 11.4 Å². The predicted molar refractivity (Wildman–Crippen MR) is 69.6 cm³/mol. The smallest absolute Gasteiger partial charge is 0.116 e. The van der Waals surface area contributed by atoms with Crippen molar-refractivity contribution >= 4 is 23.8 Å². The lowest BCUT2D eigenvalue weighted by Crippen LogP contribution is -1.92. The van der Waals surface area contributed by atoms with Gasteiger partial charge in [-0.2, -0.15) is 0 Å². The van der Waals surface area contributed by atoms with Gasteiger partial charge in [-0.15, -0.1) is 12.4 Å². The molecule has 0 saturated heterocycles. The molecule has 0 radical (unpaired) electrons. The van der Waals surface area contributed by atoms with Crippen LogP contribution >= 0.6 is 12.4 Å². The number of rotatable bonds is 1. The second-order valence-corrected chi connectivity index (χ2v) is 3.40. The molecule has 0 amide bonds. The van der Waals surface area contributed by atoms with Gasteiger partial charge in [0.2, 0.25) is 0 Å². The molecule has 0 atom stereocenters. The molecule has 5 N–H and O–H groups in total. The Morgan fingerprint density at radius 1 is 0.938 bits per heavy atom. The fraction of sp³-hybridized carbons (Fsp3) is 0. The van der Waals surface area contributed by atoms with Gasteiger partial charge in [0.15, 0.2) is 0 Å². The molecular weight excluding hydrogens is 224 g/mol. The molecule has 2 aromatic rings. The van der Waals surface area contributed by atoms with Crippen molar-refractivity contribution in [3.05, 3.63) is 42.5 Å². The molecule has 0 heterocycles. The summed E-state index contributed by atoms with van der Waals surface area (Å²) in [4.78, 5) is 0. The Morgan fingerprint density at radius 3 is 2.31 bits per heavy atom. The third-order valence-corrected chi connectivity index (χ3v) is 2.23. The summed E-state index contributed by atoms with van der Waals surface area (Å²) in [6, 6.07) is 12.3. The highest BCUT2D eigenvalue weighted by Crippen LogP contribution is 2.29. The zero-order valence-electron chi connectivity index (χ0n) is 8.55. The standard InChI is InChI=1S/C12H12N2O.ClH/c13-9-4-5-11(12(14)7-9)8-2-1-3-10(15)6-8;/h1-7,15H,13-14H2;1H. The van der Waals surface area contributed by atoms with Crippen LogP contribution < -0.4 is 11.5 Å². The van der Waals surface area contributed by atoms with Crippen molar-refractivity contribution in [2.24, 2.45) is 0 Å². The van der Waals surface area contributed by atoms with Crippen LogP contribution in [0.15, 0.2) is 42.5 Å². The zero-order valence-corrected chi connectivity index (χ0v) is 9.37. The monoisotopic (exact) mass is 236 g/mol. The van der Waals surface area contributed by atoms with Crippen LogP contribution in [0.3, 0.4) is 0 Å². The van der Waals surface area contributed by atoms with Crippen molar-refractivity contribution in [1.82, 2.24) is 0 Å². The lowest BCUT2D eigenvalue weighted by Gasteiger charge is -2.06. The summed E-state index contributed by atoms with van der Waals surface area (Å²) in [5.74, 6) is 0.226. The molecule has 3 nitrogen and oxygen atoms in total. The number of nitrogen functional groups attached to an aromatic ring is 2. The summed E-state index contributed by atoms with van der Waals surface area (Å²) >= 11 is 0. The fourth-order valence-corrected chi connectivity index (χ4v) is 1.52. The van der Waals surface area contributed by atoms with Crippen molar-refractivity contribution in [2.45, 2.75) is 0 Å². The molecule has 2 aromatic carbocycles. The molecule has 0 saturated carbocycles. The first-order valence-electron chi connectivity index (χ1n) is 4.61. The Labute approximate surface area is 100 Å². The second kappa shape index (κ2) is 4.77. The van der Waals surface area contributed by atoms with E-state index in [2.05, 4.69) is 0 Å². The second-order valence-electron chi connectivity index (χ2n) is 3.40. The van der Waals surface area contributed by atoms with E-state index in [0.717, 1.165) is 11.1 Å². The van der Waals surface area contributed by atoms with E-state index in [-0.39, 0.29) is 18.2 Å². The van der Waals surface area contributed by atoms with E-state index in [0.29, 0.717) is 11.4 Å². The van der Waals surface area contributed by atoms with E-state index in [1.54, 1.807) is 30.3 Å². The molecule has 2 rings (SSSR count). The maximum atomic E-state index is 9.35. The van der Waals surface area contributed by atoms with Crippen LogP contribution in [0.1, 0.15) is 0 Å². The van der Waals surface area contributed by atoms with Crippen LogP contribution in [0, 0.1) is 0 Å². The summed E-state index contributed by atoms with van der Waals surface area (Å²) < 4.78 is 0. The van der Waals surface area contributed by atoms with Crippen molar-refractivity contribution in [3.8, 4) is 16.9 Å². The first-order valence-corrected chi connectivity index (χ1v) is 4.61. The Morgan fingerprint density at radius 2 is 1.69 bits per heavy atom. The lowest BCUT2D eigenvalue weighted by molar-refractivity contribution is 0.475. The maximum absolute atomic E-state index is 9.35. The van der Waals surface area contributed by atoms with Crippen molar-refractivity contribution in [1.29, 1.82) is 0 Å². The number of anilines is 2. The van der Waals surface area contributed by atoms with E-state index in [9.17, 15) is 5.11 Å². The summed E-state index contributed by atoms with van der Waals surface area (Å²) in [5, 5.41) is 9.35. The highest BCUT2D eigenvalue weighted by Gasteiger charge is 2.03. The molecule has 0 aromatic heterocycles. The van der Waals surface area contributed by atoms with Gasteiger partial charge in [-0.05, 0) is 29.8 Å². The van der Waals surface area contributed by atoms with Crippen LogP contribution in [-0.4, -0.2) is 5.11 Å². The lowest BCUT2D eigenvalue weighted by atomic mass is 10.0. The van der Waals surface area contributed by atoms with E-state index in [1.807, 2.05) is 12.1 Å². The number of phenolic OH excluding ortho intramolecular Hbond substituents is 1. The number of nitrogens with two attached hydrogens (primary N) is 2. The number of hydrogen-bond acceptors (Lipinski definition) is 3. The van der Waals surface area contributed by atoms with Gasteiger partial charge in [0.05, 0.1) is 0 Å². The highest BCUT2D eigenvalue weighted by atomic mass is 35.5. The largest absolute Gasteiger partial charge is 0.508 e. The summed E-state index contributed by atoms with van der Waals surface area (Å²) in [6.45, 7) is 0. The average Bonchev–Trinajstić information content (AvgIpc) is 2.17. The Kier molecular flexibility index (Phi) is 3.64. The topological polar surface area (TPSA) is 72.3 Å². The van der Waals surface area contributed by atoms with Gasteiger partial charge in [0, 0.05) is 16.9 Å². The SMILES string of the molecule is Cl.Nc1ccc(-c2cccc(O)c2)c(N)c1. The number of halogens is 1. The van der Waals surface area contributed by atoms with Gasteiger partial charge in [-0.25, -0.2) is 0 Å². The quantitative estimate of drug-likeness (QED) is 0.667. The van der Waals surface area contributed by atoms with E-state index in [1.165, 1.54) is 0 Å². The molecule has 0 fully saturated rings. The molecule has 84 valence electrons. The van der Waals surface area contributed by atoms with Gasteiger partial charge in [0.25, 0.3) is 0 Å². The van der Waals surface area contributed by atoms with Crippen molar-refractivity contribution in [2.75, 3.05) is 11.5 Å². The molecule has 0 bridgehead atoms. The number of phenols is 1. The zero-order chi connectivity index (χ0) is 10.8. The minimum absolute atomic E-state index is 0. The summed E-state index contributed by atoms with van der Waals surface area (Å²) in [7, 11) is 0. The van der Waals surface area contributed by atoms with Crippen LogP contribution in [-0.2, 0) is 0 Å². The Bertz CT molecular complexity index is 500. The fourth-order valence-electron chi connectivity index (χ4n) is 1.52. The Balaban J connectivity index is 0.00000128. The molecular formula is C12H13ClN2O. The van der Waals surface area contributed by atoms with Gasteiger partial charge >= 0.3 is 0 Å². The van der Waals surface area contributed by atoms with Crippen molar-refractivity contribution < 1.29 is 5.11 Å². The molecule has 0 spiro atoms. The van der Waals surface area contributed by atoms with Gasteiger partial charge in [-0.3, -0.25) is 0 Å². The minimum atomic E-state index is 0. The Hall–Kier alpha value is -1.87. The van der Waals surface area contributed by atoms with Crippen LogP contribution in [0.25, 0.3) is 11.1 Å². The first-order chi connectivity index (χ1) is 7.16. The predicted octanol–water partition coefficient (Wildman–Crippen LogP) is 2.65. The summed E-state index contributed by atoms with van der Waals surface area (Å²) in [6.07, 6.45) is 0.